The van der Waals surface area contributed by atoms with Crippen molar-refractivity contribution >= 4 is 5.97 Å². The molecule has 2 atom stereocenters. The number of hydrogen-bond donors (Lipinski definition) is 0. The summed E-state index contributed by atoms with van der Waals surface area (Å²) in [5, 5.41) is 0. The Morgan fingerprint density at radius 2 is 2.15 bits per heavy atom. The van der Waals surface area contributed by atoms with Gasteiger partial charge >= 0.3 is 5.97 Å². The third kappa shape index (κ3) is 4.27. The molecule has 3 heteroatoms. The normalized spacial score (nSPS) is 25.7. The van der Waals surface area contributed by atoms with E-state index in [4.69, 9.17) is 9.47 Å². The van der Waals surface area contributed by atoms with E-state index in [0.29, 0.717) is 12.7 Å². The summed E-state index contributed by atoms with van der Waals surface area (Å²) >= 11 is 0. The summed E-state index contributed by atoms with van der Waals surface area (Å²) in [4.78, 5) is 10.5. The van der Waals surface area contributed by atoms with Crippen molar-refractivity contribution in [2.45, 2.75) is 51.7 Å². The van der Waals surface area contributed by atoms with Gasteiger partial charge < -0.3 is 9.47 Å². The summed E-state index contributed by atoms with van der Waals surface area (Å²) in [6.45, 7) is 4.05. The summed E-state index contributed by atoms with van der Waals surface area (Å²) in [5.41, 5.74) is 0. The largest absolute Gasteiger partial charge is 0.463 e. The van der Waals surface area contributed by atoms with Crippen LogP contribution in [0.15, 0.2) is 0 Å². The van der Waals surface area contributed by atoms with Crippen LogP contribution in [-0.2, 0) is 14.3 Å². The van der Waals surface area contributed by atoms with Gasteiger partial charge in [0.25, 0.3) is 0 Å². The van der Waals surface area contributed by atoms with Gasteiger partial charge in [0.2, 0.25) is 0 Å². The molecule has 0 amide bonds. The average Bonchev–Trinajstić information content (AvgIpc) is 2.81. The Morgan fingerprint density at radius 1 is 1.38 bits per heavy atom. The first-order chi connectivity index (χ1) is 6.24. The molecule has 1 fully saturated rings. The van der Waals surface area contributed by atoms with E-state index in [1.807, 2.05) is 0 Å². The maximum absolute atomic E-state index is 10.5. The highest BCUT2D eigenvalue weighted by Gasteiger charge is 2.38. The molecular formula is C10H18O3. The van der Waals surface area contributed by atoms with Gasteiger partial charge in [-0.05, 0) is 6.42 Å². The Balaban J connectivity index is 1.93. The number of esters is 1. The molecular weight excluding hydrogens is 168 g/mol. The molecule has 1 heterocycles. The van der Waals surface area contributed by atoms with E-state index >= 15 is 0 Å². The van der Waals surface area contributed by atoms with Gasteiger partial charge in [-0.25, -0.2) is 0 Å². The number of unbranched alkanes of at least 4 members (excludes halogenated alkanes) is 2. The number of carbonyl (C=O) groups is 1. The predicted molar refractivity (Wildman–Crippen MR) is 49.4 cm³/mol. The van der Waals surface area contributed by atoms with Crippen LogP contribution in [-0.4, -0.2) is 24.8 Å². The maximum atomic E-state index is 10.5. The molecule has 0 N–H and O–H groups in total. The molecule has 1 rings (SSSR count). The van der Waals surface area contributed by atoms with Crippen molar-refractivity contribution in [2.24, 2.45) is 0 Å². The van der Waals surface area contributed by atoms with Gasteiger partial charge in [-0.2, -0.15) is 0 Å². The standard InChI is InChI=1S/C10H18O3/c1-3-4-5-6-9-10(13-9)7-12-8(2)11/h9-10H,3-7H2,1-2H3/t9-,10+/m1/s1. The van der Waals surface area contributed by atoms with Crippen LogP contribution in [0.3, 0.4) is 0 Å². The molecule has 0 unspecified atom stereocenters. The minimum Gasteiger partial charge on any atom is -0.463 e. The van der Waals surface area contributed by atoms with E-state index in [1.54, 1.807) is 0 Å². The number of rotatable bonds is 6. The lowest BCUT2D eigenvalue weighted by molar-refractivity contribution is -0.141. The van der Waals surface area contributed by atoms with Crippen LogP contribution in [0.4, 0.5) is 0 Å². The second-order valence-corrected chi connectivity index (χ2v) is 3.51. The zero-order valence-corrected chi connectivity index (χ0v) is 8.41. The van der Waals surface area contributed by atoms with E-state index in [1.165, 1.54) is 26.2 Å². The molecule has 0 spiro atoms. The second-order valence-electron chi connectivity index (χ2n) is 3.51. The van der Waals surface area contributed by atoms with Crippen molar-refractivity contribution < 1.29 is 14.3 Å². The molecule has 0 aromatic heterocycles. The highest BCUT2D eigenvalue weighted by Crippen LogP contribution is 2.27. The Bertz CT molecular complexity index is 168. The summed E-state index contributed by atoms with van der Waals surface area (Å²) in [6, 6.07) is 0. The van der Waals surface area contributed by atoms with Gasteiger partial charge in [0.05, 0.1) is 6.10 Å². The summed E-state index contributed by atoms with van der Waals surface area (Å²) < 4.78 is 10.2. The fraction of sp³-hybridized carbons (Fsp3) is 0.900. The number of ether oxygens (including phenoxy) is 2. The predicted octanol–water partition coefficient (Wildman–Crippen LogP) is 1.90. The van der Waals surface area contributed by atoms with Crippen molar-refractivity contribution in [3.05, 3.63) is 0 Å². The van der Waals surface area contributed by atoms with Crippen LogP contribution in [0.5, 0.6) is 0 Å². The third-order valence-corrected chi connectivity index (χ3v) is 2.23. The van der Waals surface area contributed by atoms with Gasteiger partial charge in [-0.1, -0.05) is 26.2 Å². The van der Waals surface area contributed by atoms with Gasteiger partial charge in [0.1, 0.15) is 12.7 Å². The van der Waals surface area contributed by atoms with Crippen LogP contribution in [0.25, 0.3) is 0 Å². The Hall–Kier alpha value is -0.570. The summed E-state index contributed by atoms with van der Waals surface area (Å²) in [7, 11) is 0. The molecule has 1 aliphatic heterocycles. The molecule has 0 radical (unpaired) electrons. The lowest BCUT2D eigenvalue weighted by Crippen LogP contribution is -2.08. The summed E-state index contributed by atoms with van der Waals surface area (Å²) in [6.07, 6.45) is 5.37. The monoisotopic (exact) mass is 186 g/mol. The second kappa shape index (κ2) is 5.22. The Labute approximate surface area is 79.4 Å². The minimum absolute atomic E-state index is 0.181. The quantitative estimate of drug-likeness (QED) is 0.361. The minimum atomic E-state index is -0.220. The van der Waals surface area contributed by atoms with Gasteiger partial charge in [-0.15, -0.1) is 0 Å². The molecule has 13 heavy (non-hydrogen) atoms. The molecule has 3 nitrogen and oxygen atoms in total. The smallest absolute Gasteiger partial charge is 0.302 e. The SMILES string of the molecule is CCCCC[C@H]1O[C@H]1COC(C)=O. The third-order valence-electron chi connectivity index (χ3n) is 2.23. The molecule has 0 aromatic rings. The van der Waals surface area contributed by atoms with Crippen LogP contribution >= 0.6 is 0 Å². The van der Waals surface area contributed by atoms with Crippen LogP contribution in [0, 0.1) is 0 Å². The molecule has 76 valence electrons. The highest BCUT2D eigenvalue weighted by molar-refractivity contribution is 5.65. The molecule has 0 aromatic carbocycles. The first kappa shape index (κ1) is 10.5. The van der Waals surface area contributed by atoms with Crippen LogP contribution in [0.1, 0.15) is 39.5 Å². The lowest BCUT2D eigenvalue weighted by atomic mass is 10.1. The van der Waals surface area contributed by atoms with Crippen molar-refractivity contribution in [1.82, 2.24) is 0 Å². The van der Waals surface area contributed by atoms with Crippen molar-refractivity contribution in [2.75, 3.05) is 6.61 Å². The van der Waals surface area contributed by atoms with E-state index in [0.717, 1.165) is 6.42 Å². The first-order valence-corrected chi connectivity index (χ1v) is 5.03. The zero-order chi connectivity index (χ0) is 9.68. The van der Waals surface area contributed by atoms with Gasteiger partial charge in [-0.3, -0.25) is 4.79 Å². The summed E-state index contributed by atoms with van der Waals surface area (Å²) in [5.74, 6) is -0.220. The van der Waals surface area contributed by atoms with Crippen molar-refractivity contribution in [1.29, 1.82) is 0 Å². The van der Waals surface area contributed by atoms with E-state index in [-0.39, 0.29) is 12.1 Å². The number of epoxide rings is 1. The van der Waals surface area contributed by atoms with Crippen LogP contribution in [0.2, 0.25) is 0 Å². The number of hydrogen-bond acceptors (Lipinski definition) is 3. The van der Waals surface area contributed by atoms with Gasteiger partial charge in [0, 0.05) is 6.92 Å². The average molecular weight is 186 g/mol. The van der Waals surface area contributed by atoms with E-state index < -0.39 is 0 Å². The zero-order valence-electron chi connectivity index (χ0n) is 8.41. The topological polar surface area (TPSA) is 38.8 Å². The lowest BCUT2D eigenvalue weighted by Gasteiger charge is -1.97. The van der Waals surface area contributed by atoms with E-state index in [2.05, 4.69) is 6.92 Å². The molecule has 0 aliphatic carbocycles. The van der Waals surface area contributed by atoms with Gasteiger partial charge in [0.15, 0.2) is 0 Å². The molecule has 0 saturated carbocycles. The first-order valence-electron chi connectivity index (χ1n) is 5.03. The molecule has 0 bridgehead atoms. The molecule has 1 aliphatic rings. The molecule has 1 saturated heterocycles. The highest BCUT2D eigenvalue weighted by atomic mass is 16.6. The fourth-order valence-electron chi connectivity index (χ4n) is 1.37. The fourth-order valence-corrected chi connectivity index (χ4v) is 1.37. The Morgan fingerprint density at radius 3 is 2.77 bits per heavy atom. The van der Waals surface area contributed by atoms with E-state index in [9.17, 15) is 4.79 Å². The van der Waals surface area contributed by atoms with Crippen molar-refractivity contribution in [3.63, 3.8) is 0 Å². The maximum Gasteiger partial charge on any atom is 0.302 e. The Kier molecular flexibility index (Phi) is 4.22. The number of carbonyl (C=O) groups excluding carboxylic acids is 1. The van der Waals surface area contributed by atoms with Crippen molar-refractivity contribution in [3.8, 4) is 0 Å². The van der Waals surface area contributed by atoms with Crippen LogP contribution < -0.4 is 0 Å².